The summed E-state index contributed by atoms with van der Waals surface area (Å²) in [6.07, 6.45) is 13.1. The number of fused-ring (bicyclic) bond motifs is 5. The van der Waals surface area contributed by atoms with Crippen molar-refractivity contribution in [2.24, 2.45) is 40.4 Å². The second-order valence-electron chi connectivity index (χ2n) is 13.4. The van der Waals surface area contributed by atoms with Crippen LogP contribution in [0.15, 0.2) is 11.6 Å². The molecule has 0 bridgehead atoms. The normalized spacial score (nSPS) is 40.3. The van der Waals surface area contributed by atoms with Crippen LogP contribution in [0.5, 0.6) is 0 Å². The molecular weight excluding hydrogens is 482 g/mol. The second-order valence-corrected chi connectivity index (χ2v) is 13.4. The molecule has 5 rings (SSSR count). The van der Waals surface area contributed by atoms with Crippen molar-refractivity contribution >= 4 is 23.6 Å². The van der Waals surface area contributed by atoms with Crippen molar-refractivity contribution in [1.82, 2.24) is 5.32 Å². The fourth-order valence-electron chi connectivity index (χ4n) is 9.10. The first-order valence-electron chi connectivity index (χ1n) is 15.0. The molecule has 0 aromatic carbocycles. The number of carbonyl (C=O) groups excluding carboxylic acids is 3. The van der Waals surface area contributed by atoms with Gasteiger partial charge in [-0.15, -0.1) is 0 Å². The zero-order valence-corrected chi connectivity index (χ0v) is 23.1. The van der Waals surface area contributed by atoms with E-state index < -0.39 is 5.97 Å². The Bertz CT molecular complexity index is 996. The van der Waals surface area contributed by atoms with Crippen LogP contribution < -0.4 is 5.32 Å². The largest absolute Gasteiger partial charge is 0.481 e. The molecule has 7 heteroatoms. The zero-order chi connectivity index (χ0) is 27.1. The highest BCUT2D eigenvalue weighted by Gasteiger charge is 2.60. The number of nitrogens with one attached hydrogen (secondary N) is 1. The van der Waals surface area contributed by atoms with Crippen LogP contribution in [-0.2, 0) is 23.9 Å². The van der Waals surface area contributed by atoms with E-state index in [0.29, 0.717) is 55.3 Å². The molecule has 5 aliphatic rings. The molecule has 0 aromatic heterocycles. The van der Waals surface area contributed by atoms with Crippen LogP contribution in [0.3, 0.4) is 0 Å². The smallest absolute Gasteiger partial charge is 0.306 e. The summed E-state index contributed by atoms with van der Waals surface area (Å²) in [5.74, 6) is 1.02. The number of carboxylic acids is 1. The van der Waals surface area contributed by atoms with Crippen LogP contribution in [0.25, 0.3) is 0 Å². The topological polar surface area (TPSA) is 110 Å². The van der Waals surface area contributed by atoms with Gasteiger partial charge in [-0.25, -0.2) is 0 Å². The number of amides is 1. The van der Waals surface area contributed by atoms with Gasteiger partial charge in [-0.1, -0.05) is 19.4 Å². The number of ketones is 1. The van der Waals surface area contributed by atoms with Crippen LogP contribution in [0.2, 0.25) is 0 Å². The van der Waals surface area contributed by atoms with Crippen LogP contribution >= 0.6 is 0 Å². The maximum absolute atomic E-state index is 12.8. The van der Waals surface area contributed by atoms with E-state index in [2.05, 4.69) is 19.2 Å². The first-order valence-corrected chi connectivity index (χ1v) is 15.0. The van der Waals surface area contributed by atoms with E-state index in [1.165, 1.54) is 5.57 Å². The number of rotatable bonds is 7. The van der Waals surface area contributed by atoms with Crippen LogP contribution in [0.4, 0.5) is 0 Å². The van der Waals surface area contributed by atoms with Crippen LogP contribution in [0, 0.1) is 40.4 Å². The fraction of sp³-hybridized carbons (Fsp3) is 0.806. The highest BCUT2D eigenvalue weighted by atomic mass is 16.5. The summed E-state index contributed by atoms with van der Waals surface area (Å²) in [5, 5.41) is 12.1. The number of carbonyl (C=O) groups is 4. The maximum Gasteiger partial charge on any atom is 0.306 e. The van der Waals surface area contributed by atoms with Gasteiger partial charge in [0.1, 0.15) is 6.10 Å². The fourth-order valence-corrected chi connectivity index (χ4v) is 9.10. The van der Waals surface area contributed by atoms with Gasteiger partial charge in [0, 0.05) is 24.8 Å². The molecular formula is C31H45NO6. The number of hydrogen-bond acceptors (Lipinski definition) is 5. The molecule has 210 valence electrons. The van der Waals surface area contributed by atoms with Gasteiger partial charge in [0.25, 0.3) is 0 Å². The van der Waals surface area contributed by atoms with E-state index in [9.17, 15) is 19.2 Å². The predicted molar refractivity (Wildman–Crippen MR) is 142 cm³/mol. The number of allylic oxidation sites excluding steroid dienone is 1. The molecule has 0 unspecified atom stereocenters. The minimum absolute atomic E-state index is 0.00403. The molecule has 6 atom stereocenters. The molecule has 0 radical (unpaired) electrons. The van der Waals surface area contributed by atoms with Crippen molar-refractivity contribution in [2.75, 3.05) is 6.54 Å². The molecule has 0 heterocycles. The molecule has 0 spiro atoms. The van der Waals surface area contributed by atoms with E-state index in [4.69, 9.17) is 9.84 Å². The summed E-state index contributed by atoms with van der Waals surface area (Å²) in [5.41, 5.74) is 1.53. The van der Waals surface area contributed by atoms with Gasteiger partial charge in [0.15, 0.2) is 5.78 Å². The summed E-state index contributed by atoms with van der Waals surface area (Å²) in [6.45, 7) is 5.27. The lowest BCUT2D eigenvalue weighted by molar-refractivity contribution is -0.160. The third-order valence-electron chi connectivity index (χ3n) is 11.5. The lowest BCUT2D eigenvalue weighted by Crippen LogP contribution is -2.51. The van der Waals surface area contributed by atoms with Crippen molar-refractivity contribution in [3.05, 3.63) is 11.6 Å². The molecule has 5 aliphatic carbocycles. The maximum atomic E-state index is 12.8. The molecule has 0 saturated heterocycles. The van der Waals surface area contributed by atoms with E-state index in [1.807, 2.05) is 6.08 Å². The number of esters is 1. The van der Waals surface area contributed by atoms with Gasteiger partial charge in [-0.2, -0.15) is 0 Å². The average Bonchev–Trinajstić information content (AvgIpc) is 3.22. The summed E-state index contributed by atoms with van der Waals surface area (Å²) in [6, 6.07) is 0. The molecule has 1 amide bonds. The second kappa shape index (κ2) is 10.8. The first kappa shape index (κ1) is 27.4. The highest BCUT2D eigenvalue weighted by molar-refractivity contribution is 5.91. The SMILES string of the molecule is C[C@]12CC[C@H]3[C@@H](CCC4=CC(=O)CC[C@@]43C)[C@@H]1CC[C@@H]2OC(=O)CCC(=O)NCC1CCC(C(=O)O)CC1. The Labute approximate surface area is 226 Å². The summed E-state index contributed by atoms with van der Waals surface area (Å²) in [4.78, 5) is 48.3. The van der Waals surface area contributed by atoms with Crippen LogP contribution in [-0.4, -0.2) is 41.4 Å². The zero-order valence-electron chi connectivity index (χ0n) is 23.1. The van der Waals surface area contributed by atoms with Crippen LogP contribution in [0.1, 0.15) is 104 Å². The Morgan fingerprint density at radius 1 is 0.947 bits per heavy atom. The summed E-state index contributed by atoms with van der Waals surface area (Å²) >= 11 is 0. The van der Waals surface area contributed by atoms with Gasteiger partial charge in [-0.3, -0.25) is 19.2 Å². The van der Waals surface area contributed by atoms with E-state index in [0.717, 1.165) is 57.8 Å². The number of ether oxygens (including phenoxy) is 1. The van der Waals surface area contributed by atoms with Gasteiger partial charge in [0.2, 0.25) is 5.91 Å². The van der Waals surface area contributed by atoms with E-state index >= 15 is 0 Å². The summed E-state index contributed by atoms with van der Waals surface area (Å²) < 4.78 is 6.06. The quantitative estimate of drug-likeness (QED) is 0.440. The lowest BCUT2D eigenvalue weighted by Gasteiger charge is -2.57. The van der Waals surface area contributed by atoms with Crippen molar-refractivity contribution in [3.8, 4) is 0 Å². The highest BCUT2D eigenvalue weighted by Crippen LogP contribution is 2.65. The first-order chi connectivity index (χ1) is 18.1. The molecule has 0 aliphatic heterocycles. The predicted octanol–water partition coefficient (Wildman–Crippen LogP) is 5.22. The Morgan fingerprint density at radius 3 is 2.45 bits per heavy atom. The monoisotopic (exact) mass is 527 g/mol. The Balaban J connectivity index is 1.09. The molecule has 7 nitrogen and oxygen atoms in total. The number of hydrogen-bond donors (Lipinski definition) is 2. The molecule has 4 fully saturated rings. The average molecular weight is 528 g/mol. The molecule has 2 N–H and O–H groups in total. The van der Waals surface area contributed by atoms with Crippen molar-refractivity contribution in [1.29, 1.82) is 0 Å². The number of aliphatic carboxylic acids is 1. The molecule has 38 heavy (non-hydrogen) atoms. The minimum Gasteiger partial charge on any atom is -0.481 e. The van der Waals surface area contributed by atoms with Gasteiger partial charge < -0.3 is 15.2 Å². The van der Waals surface area contributed by atoms with Crippen molar-refractivity contribution in [3.63, 3.8) is 0 Å². The van der Waals surface area contributed by atoms with Crippen molar-refractivity contribution in [2.45, 2.75) is 110 Å². The Kier molecular flexibility index (Phi) is 7.76. The lowest BCUT2D eigenvalue weighted by atomic mass is 9.47. The molecule has 4 saturated carbocycles. The van der Waals surface area contributed by atoms with Gasteiger partial charge in [-0.05, 0) is 106 Å². The van der Waals surface area contributed by atoms with Gasteiger partial charge in [0.05, 0.1) is 12.3 Å². The van der Waals surface area contributed by atoms with Crippen molar-refractivity contribution < 1.29 is 29.0 Å². The Morgan fingerprint density at radius 2 is 1.71 bits per heavy atom. The summed E-state index contributed by atoms with van der Waals surface area (Å²) in [7, 11) is 0. The third kappa shape index (κ3) is 5.19. The van der Waals surface area contributed by atoms with E-state index in [-0.39, 0.29) is 47.6 Å². The van der Waals surface area contributed by atoms with Gasteiger partial charge >= 0.3 is 11.9 Å². The Hall–Kier alpha value is -2.18. The standard InChI is InChI=1S/C31H45NO6/c1-30-15-13-22(33)17-21(30)7-8-23-24-9-10-26(31(24,2)16-14-25(23)30)38-28(35)12-11-27(34)32-18-19-3-5-20(6-4-19)29(36)37/h17,19-20,23-26H,3-16,18H2,1-2H3,(H,32,34)(H,36,37)/t19?,20?,23-,24-,25-,26-,30-,31-/m0/s1. The third-order valence-corrected chi connectivity index (χ3v) is 11.5. The number of carboxylic acid groups (broad SMARTS) is 1. The molecule has 0 aromatic rings. The minimum atomic E-state index is -0.720. The van der Waals surface area contributed by atoms with E-state index in [1.54, 1.807) is 0 Å².